The maximum Gasteiger partial charge on any atom is 0.122 e. The summed E-state index contributed by atoms with van der Waals surface area (Å²) >= 11 is 0. The molecule has 2 heteroatoms. The summed E-state index contributed by atoms with van der Waals surface area (Å²) in [6.45, 7) is 2.28. The summed E-state index contributed by atoms with van der Waals surface area (Å²) in [6, 6.07) is 4.78. The summed E-state index contributed by atoms with van der Waals surface area (Å²) < 4.78 is 5.68. The Balaban J connectivity index is 1.95. The molecule has 3 rings (SSSR count). The number of aryl methyl sites for hydroxylation is 2. The van der Waals surface area contributed by atoms with Gasteiger partial charge in [0.2, 0.25) is 0 Å². The SMILES string of the molecule is COc1cc2c(cc1C1CCCNC1)CCCCC2. The van der Waals surface area contributed by atoms with E-state index in [0.29, 0.717) is 5.92 Å². The Labute approximate surface area is 116 Å². The molecule has 1 aromatic carbocycles. The summed E-state index contributed by atoms with van der Waals surface area (Å²) in [5.74, 6) is 1.76. The number of nitrogens with one attached hydrogen (secondary N) is 1. The van der Waals surface area contributed by atoms with E-state index in [1.807, 2.05) is 7.11 Å². The van der Waals surface area contributed by atoms with Crippen LogP contribution >= 0.6 is 0 Å². The third-order valence-corrected chi connectivity index (χ3v) is 4.68. The van der Waals surface area contributed by atoms with Gasteiger partial charge >= 0.3 is 0 Å². The molecule has 1 fully saturated rings. The summed E-state index contributed by atoms with van der Waals surface area (Å²) in [4.78, 5) is 0. The van der Waals surface area contributed by atoms with E-state index in [-0.39, 0.29) is 0 Å². The molecule has 0 radical (unpaired) electrons. The first-order valence-corrected chi connectivity index (χ1v) is 7.79. The lowest BCUT2D eigenvalue weighted by atomic mass is 9.87. The number of ether oxygens (including phenoxy) is 1. The Morgan fingerprint density at radius 3 is 2.53 bits per heavy atom. The third kappa shape index (κ3) is 2.79. The van der Waals surface area contributed by atoms with E-state index in [9.17, 15) is 0 Å². The minimum atomic E-state index is 0.636. The van der Waals surface area contributed by atoms with Gasteiger partial charge < -0.3 is 10.1 Å². The number of benzene rings is 1. The van der Waals surface area contributed by atoms with Crippen LogP contribution in [0, 0.1) is 0 Å². The molecule has 1 aliphatic carbocycles. The van der Waals surface area contributed by atoms with Gasteiger partial charge in [-0.25, -0.2) is 0 Å². The third-order valence-electron chi connectivity index (χ3n) is 4.68. The molecular formula is C17H25NO. The molecule has 1 saturated heterocycles. The highest BCUT2D eigenvalue weighted by atomic mass is 16.5. The standard InChI is InChI=1S/C17H25NO/c1-19-17-11-14-7-4-2-3-6-13(14)10-16(17)15-8-5-9-18-12-15/h10-11,15,18H,2-9,12H2,1H3. The van der Waals surface area contributed by atoms with Gasteiger partial charge in [0.15, 0.2) is 0 Å². The number of hydrogen-bond donors (Lipinski definition) is 1. The number of hydrogen-bond acceptors (Lipinski definition) is 2. The Hall–Kier alpha value is -1.02. The van der Waals surface area contributed by atoms with Crippen LogP contribution in [-0.4, -0.2) is 20.2 Å². The highest BCUT2D eigenvalue weighted by Gasteiger charge is 2.21. The number of piperidine rings is 1. The molecule has 2 aliphatic rings. The Morgan fingerprint density at radius 2 is 1.84 bits per heavy atom. The molecule has 0 spiro atoms. The van der Waals surface area contributed by atoms with Crippen molar-refractivity contribution in [3.8, 4) is 5.75 Å². The van der Waals surface area contributed by atoms with Crippen LogP contribution in [0.4, 0.5) is 0 Å². The first kappa shape index (κ1) is 13.0. The fraction of sp³-hybridized carbons (Fsp3) is 0.647. The van der Waals surface area contributed by atoms with E-state index in [0.717, 1.165) is 12.3 Å². The molecule has 1 aliphatic heterocycles. The van der Waals surface area contributed by atoms with Crippen molar-refractivity contribution in [1.29, 1.82) is 0 Å². The average Bonchev–Trinajstić information content (AvgIpc) is 2.71. The van der Waals surface area contributed by atoms with E-state index < -0.39 is 0 Å². The predicted molar refractivity (Wildman–Crippen MR) is 79.1 cm³/mol. The van der Waals surface area contributed by atoms with Crippen molar-refractivity contribution in [3.63, 3.8) is 0 Å². The van der Waals surface area contributed by atoms with Gasteiger partial charge in [-0.1, -0.05) is 12.5 Å². The lowest BCUT2D eigenvalue weighted by Gasteiger charge is -2.26. The molecule has 0 saturated carbocycles. The van der Waals surface area contributed by atoms with Crippen LogP contribution in [0.25, 0.3) is 0 Å². The van der Waals surface area contributed by atoms with E-state index in [1.165, 1.54) is 62.6 Å². The van der Waals surface area contributed by atoms with E-state index >= 15 is 0 Å². The highest BCUT2D eigenvalue weighted by Crippen LogP contribution is 2.35. The number of rotatable bonds is 2. The normalized spacial score (nSPS) is 23.5. The average molecular weight is 259 g/mol. The van der Waals surface area contributed by atoms with Gasteiger partial charge in [-0.2, -0.15) is 0 Å². The smallest absolute Gasteiger partial charge is 0.122 e. The topological polar surface area (TPSA) is 21.3 Å². The zero-order chi connectivity index (χ0) is 13.1. The fourth-order valence-electron chi connectivity index (χ4n) is 3.57. The number of methoxy groups -OCH3 is 1. The molecule has 1 unspecified atom stereocenters. The fourth-order valence-corrected chi connectivity index (χ4v) is 3.57. The molecule has 2 nitrogen and oxygen atoms in total. The second-order valence-corrected chi connectivity index (χ2v) is 5.97. The lowest BCUT2D eigenvalue weighted by Crippen LogP contribution is -2.28. The van der Waals surface area contributed by atoms with Crippen molar-refractivity contribution in [3.05, 3.63) is 28.8 Å². The molecule has 1 aromatic rings. The van der Waals surface area contributed by atoms with Gasteiger partial charge in [-0.3, -0.25) is 0 Å². The molecule has 1 heterocycles. The first-order chi connectivity index (χ1) is 9.38. The summed E-state index contributed by atoms with van der Waals surface area (Å²) in [6.07, 6.45) is 9.12. The molecule has 0 amide bonds. The molecule has 19 heavy (non-hydrogen) atoms. The van der Waals surface area contributed by atoms with Crippen LogP contribution in [0.2, 0.25) is 0 Å². The monoisotopic (exact) mass is 259 g/mol. The molecular weight excluding hydrogens is 234 g/mol. The predicted octanol–water partition coefficient (Wildman–Crippen LogP) is 3.43. The zero-order valence-corrected chi connectivity index (χ0v) is 12.0. The molecule has 1 N–H and O–H groups in total. The second-order valence-electron chi connectivity index (χ2n) is 5.97. The van der Waals surface area contributed by atoms with E-state index in [1.54, 1.807) is 5.56 Å². The summed E-state index contributed by atoms with van der Waals surface area (Å²) in [5, 5.41) is 3.52. The van der Waals surface area contributed by atoms with Crippen LogP contribution in [0.5, 0.6) is 5.75 Å². The molecule has 0 bridgehead atoms. The van der Waals surface area contributed by atoms with Crippen molar-refractivity contribution in [2.45, 2.75) is 50.9 Å². The lowest BCUT2D eigenvalue weighted by molar-refractivity contribution is 0.391. The quantitative estimate of drug-likeness (QED) is 0.822. The Morgan fingerprint density at radius 1 is 1.05 bits per heavy atom. The van der Waals surface area contributed by atoms with Gasteiger partial charge in [0, 0.05) is 12.5 Å². The molecule has 104 valence electrons. The van der Waals surface area contributed by atoms with Crippen LogP contribution in [0.15, 0.2) is 12.1 Å². The van der Waals surface area contributed by atoms with E-state index in [2.05, 4.69) is 17.4 Å². The van der Waals surface area contributed by atoms with Gasteiger partial charge in [0.25, 0.3) is 0 Å². The van der Waals surface area contributed by atoms with Crippen molar-refractivity contribution in [2.75, 3.05) is 20.2 Å². The first-order valence-electron chi connectivity index (χ1n) is 7.79. The number of fused-ring (bicyclic) bond motifs is 1. The maximum absolute atomic E-state index is 5.68. The van der Waals surface area contributed by atoms with Crippen molar-refractivity contribution < 1.29 is 4.74 Å². The molecule has 1 atom stereocenters. The van der Waals surface area contributed by atoms with Crippen LogP contribution < -0.4 is 10.1 Å². The minimum Gasteiger partial charge on any atom is -0.496 e. The zero-order valence-electron chi connectivity index (χ0n) is 12.0. The van der Waals surface area contributed by atoms with Gasteiger partial charge in [-0.05, 0) is 67.8 Å². The van der Waals surface area contributed by atoms with Gasteiger partial charge in [0.1, 0.15) is 5.75 Å². The maximum atomic E-state index is 5.68. The van der Waals surface area contributed by atoms with Crippen molar-refractivity contribution in [2.24, 2.45) is 0 Å². The van der Waals surface area contributed by atoms with Gasteiger partial charge in [0.05, 0.1) is 7.11 Å². The van der Waals surface area contributed by atoms with Crippen LogP contribution in [0.3, 0.4) is 0 Å². The molecule has 0 aromatic heterocycles. The van der Waals surface area contributed by atoms with E-state index in [4.69, 9.17) is 4.74 Å². The largest absolute Gasteiger partial charge is 0.496 e. The van der Waals surface area contributed by atoms with Crippen LogP contribution in [0.1, 0.15) is 54.7 Å². The van der Waals surface area contributed by atoms with Gasteiger partial charge in [-0.15, -0.1) is 0 Å². The Bertz CT molecular complexity index is 435. The summed E-state index contributed by atoms with van der Waals surface area (Å²) in [5.41, 5.74) is 4.55. The van der Waals surface area contributed by atoms with Crippen molar-refractivity contribution >= 4 is 0 Å². The Kier molecular flexibility index (Phi) is 4.07. The van der Waals surface area contributed by atoms with Crippen molar-refractivity contribution in [1.82, 2.24) is 5.32 Å². The summed E-state index contributed by atoms with van der Waals surface area (Å²) in [7, 11) is 1.82. The minimum absolute atomic E-state index is 0.636. The van der Waals surface area contributed by atoms with Crippen LogP contribution in [-0.2, 0) is 12.8 Å². The highest BCUT2D eigenvalue weighted by molar-refractivity contribution is 5.45. The second kappa shape index (κ2) is 5.96.